The number of amides is 3. The quantitative estimate of drug-likeness (QED) is 0.0935. The normalized spacial score (nSPS) is 15.6. The standard InChI is InChI=1S/C20H39N7O5/c1-6-11(4)15(27-17(29)14(10(2)3)26-16(28)12(5)21)18(30)25-13(19(31)32)8-7-9-24-20(22)23/h10-15H,6-9,21H2,1-5H3,(H,25,30)(H,26,28)(H,27,29)(H,31,32)(H4,22,23,24). The third-order valence-electron chi connectivity index (χ3n) is 5.01. The van der Waals surface area contributed by atoms with Crippen molar-refractivity contribution in [2.24, 2.45) is 34.0 Å². The van der Waals surface area contributed by atoms with Crippen LogP contribution in [-0.4, -0.2) is 65.5 Å². The smallest absolute Gasteiger partial charge is 0.326 e. The summed E-state index contributed by atoms with van der Waals surface area (Å²) in [6.07, 6.45) is 1.01. The van der Waals surface area contributed by atoms with Gasteiger partial charge in [0.05, 0.1) is 6.04 Å². The number of guanidine groups is 1. The van der Waals surface area contributed by atoms with Gasteiger partial charge in [-0.2, -0.15) is 0 Å². The predicted molar refractivity (Wildman–Crippen MR) is 121 cm³/mol. The van der Waals surface area contributed by atoms with Gasteiger partial charge in [-0.25, -0.2) is 4.79 Å². The van der Waals surface area contributed by atoms with Gasteiger partial charge in [0.1, 0.15) is 18.1 Å². The summed E-state index contributed by atoms with van der Waals surface area (Å²) in [6.45, 7) is 8.84. The number of hydrogen-bond donors (Lipinski definition) is 7. The topological polar surface area (TPSA) is 215 Å². The fourth-order valence-corrected chi connectivity index (χ4v) is 2.79. The first-order valence-electron chi connectivity index (χ1n) is 10.8. The summed E-state index contributed by atoms with van der Waals surface area (Å²) in [5.74, 6) is -3.52. The van der Waals surface area contributed by atoms with Crippen molar-refractivity contribution in [3.05, 3.63) is 0 Å². The van der Waals surface area contributed by atoms with Crippen LogP contribution < -0.4 is 33.2 Å². The minimum atomic E-state index is -1.21. The number of carbonyl (C=O) groups excluding carboxylic acids is 3. The highest BCUT2D eigenvalue weighted by atomic mass is 16.4. The Morgan fingerprint density at radius 2 is 1.44 bits per heavy atom. The maximum atomic E-state index is 12.9. The Hall–Kier alpha value is -2.89. The number of carbonyl (C=O) groups is 4. The van der Waals surface area contributed by atoms with E-state index in [-0.39, 0.29) is 30.8 Å². The lowest BCUT2D eigenvalue weighted by atomic mass is 9.96. The first kappa shape index (κ1) is 29.1. The Bertz CT molecular complexity index is 677. The molecule has 0 heterocycles. The number of carboxylic acids is 1. The maximum absolute atomic E-state index is 12.9. The van der Waals surface area contributed by atoms with Crippen molar-refractivity contribution in [1.82, 2.24) is 16.0 Å². The van der Waals surface area contributed by atoms with Crippen molar-refractivity contribution in [3.63, 3.8) is 0 Å². The average Bonchev–Trinajstić information content (AvgIpc) is 2.70. The van der Waals surface area contributed by atoms with Crippen LogP contribution in [0.15, 0.2) is 4.99 Å². The Morgan fingerprint density at radius 3 is 1.88 bits per heavy atom. The van der Waals surface area contributed by atoms with Crippen molar-refractivity contribution in [3.8, 4) is 0 Å². The largest absolute Gasteiger partial charge is 0.480 e. The molecule has 0 aromatic carbocycles. The lowest BCUT2D eigenvalue weighted by Gasteiger charge is -2.29. The summed E-state index contributed by atoms with van der Waals surface area (Å²) in [7, 11) is 0. The summed E-state index contributed by atoms with van der Waals surface area (Å²) in [5.41, 5.74) is 16.1. The van der Waals surface area contributed by atoms with Crippen LogP contribution in [0.4, 0.5) is 0 Å². The van der Waals surface area contributed by atoms with Crippen LogP contribution in [0.1, 0.15) is 53.9 Å². The third-order valence-corrected chi connectivity index (χ3v) is 5.01. The van der Waals surface area contributed by atoms with E-state index in [0.717, 1.165) is 0 Å². The van der Waals surface area contributed by atoms with E-state index in [4.69, 9.17) is 17.2 Å². The molecule has 0 aliphatic rings. The van der Waals surface area contributed by atoms with Crippen LogP contribution in [0.25, 0.3) is 0 Å². The van der Waals surface area contributed by atoms with Crippen molar-refractivity contribution >= 4 is 29.7 Å². The second kappa shape index (κ2) is 14.2. The molecule has 0 fully saturated rings. The molecular formula is C20H39N7O5. The predicted octanol–water partition coefficient (Wildman–Crippen LogP) is -1.37. The zero-order valence-electron chi connectivity index (χ0n) is 19.6. The molecule has 3 amide bonds. The molecule has 0 aromatic rings. The highest BCUT2D eigenvalue weighted by Crippen LogP contribution is 2.11. The first-order chi connectivity index (χ1) is 14.8. The van der Waals surface area contributed by atoms with E-state index in [2.05, 4.69) is 20.9 Å². The SMILES string of the molecule is CCC(C)C(NC(=O)C(NC(=O)C(C)N)C(C)C)C(=O)NC(CCCN=C(N)N)C(=O)O. The number of hydrogen-bond acceptors (Lipinski definition) is 6. The van der Waals surface area contributed by atoms with E-state index < -0.39 is 47.9 Å². The van der Waals surface area contributed by atoms with E-state index in [1.54, 1.807) is 20.8 Å². The summed E-state index contributed by atoms with van der Waals surface area (Å²) in [4.78, 5) is 53.1. The summed E-state index contributed by atoms with van der Waals surface area (Å²) in [5, 5.41) is 17.2. The van der Waals surface area contributed by atoms with Gasteiger partial charge in [-0.3, -0.25) is 19.4 Å². The second-order valence-electron chi connectivity index (χ2n) is 8.24. The molecule has 32 heavy (non-hydrogen) atoms. The van der Waals surface area contributed by atoms with Crippen LogP contribution in [0.2, 0.25) is 0 Å². The fourth-order valence-electron chi connectivity index (χ4n) is 2.79. The molecular weight excluding hydrogens is 418 g/mol. The van der Waals surface area contributed by atoms with Gasteiger partial charge in [-0.15, -0.1) is 0 Å². The third kappa shape index (κ3) is 10.4. The summed E-state index contributed by atoms with van der Waals surface area (Å²) < 4.78 is 0. The van der Waals surface area contributed by atoms with E-state index in [1.165, 1.54) is 6.92 Å². The van der Waals surface area contributed by atoms with Gasteiger partial charge < -0.3 is 38.3 Å². The van der Waals surface area contributed by atoms with Crippen LogP contribution in [-0.2, 0) is 19.2 Å². The number of nitrogens with zero attached hydrogens (tertiary/aromatic N) is 1. The lowest BCUT2D eigenvalue weighted by molar-refractivity contribution is -0.143. The number of aliphatic imine (C=N–C) groups is 1. The van der Waals surface area contributed by atoms with Crippen LogP contribution >= 0.6 is 0 Å². The minimum absolute atomic E-state index is 0.101. The Balaban J connectivity index is 5.37. The highest BCUT2D eigenvalue weighted by molar-refractivity contribution is 5.94. The zero-order valence-corrected chi connectivity index (χ0v) is 19.6. The van der Waals surface area contributed by atoms with E-state index in [0.29, 0.717) is 12.8 Å². The number of nitrogens with two attached hydrogens (primary N) is 3. The number of nitrogens with one attached hydrogen (secondary N) is 3. The van der Waals surface area contributed by atoms with Crippen molar-refractivity contribution in [1.29, 1.82) is 0 Å². The monoisotopic (exact) mass is 457 g/mol. The second-order valence-corrected chi connectivity index (χ2v) is 8.24. The molecule has 0 aliphatic carbocycles. The molecule has 0 bridgehead atoms. The Kier molecular flexibility index (Phi) is 12.9. The number of aliphatic carboxylic acids is 1. The van der Waals surface area contributed by atoms with E-state index in [9.17, 15) is 24.3 Å². The van der Waals surface area contributed by atoms with Crippen molar-refractivity contribution < 1.29 is 24.3 Å². The van der Waals surface area contributed by atoms with Gasteiger partial charge in [-0.1, -0.05) is 34.1 Å². The molecule has 12 nitrogen and oxygen atoms in total. The Morgan fingerprint density at radius 1 is 0.906 bits per heavy atom. The van der Waals surface area contributed by atoms with Gasteiger partial charge in [-0.05, 0) is 31.6 Å². The molecule has 5 unspecified atom stereocenters. The molecule has 5 atom stereocenters. The average molecular weight is 458 g/mol. The lowest BCUT2D eigenvalue weighted by Crippen LogP contribution is -2.59. The van der Waals surface area contributed by atoms with Crippen LogP contribution in [0.5, 0.6) is 0 Å². The number of carboxylic acid groups (broad SMARTS) is 1. The van der Waals surface area contributed by atoms with Gasteiger partial charge in [0.2, 0.25) is 17.7 Å². The molecule has 0 saturated carbocycles. The summed E-state index contributed by atoms with van der Waals surface area (Å²) >= 11 is 0. The van der Waals surface area contributed by atoms with Crippen LogP contribution in [0, 0.1) is 11.8 Å². The van der Waals surface area contributed by atoms with Gasteiger partial charge in [0, 0.05) is 6.54 Å². The molecule has 12 heteroatoms. The molecule has 0 spiro atoms. The molecule has 0 aromatic heterocycles. The van der Waals surface area contributed by atoms with Gasteiger partial charge in [0.25, 0.3) is 0 Å². The molecule has 184 valence electrons. The fraction of sp³-hybridized carbons (Fsp3) is 0.750. The maximum Gasteiger partial charge on any atom is 0.326 e. The zero-order chi connectivity index (χ0) is 25.0. The first-order valence-corrected chi connectivity index (χ1v) is 10.8. The molecule has 0 rings (SSSR count). The van der Waals surface area contributed by atoms with Gasteiger partial charge >= 0.3 is 5.97 Å². The highest BCUT2D eigenvalue weighted by Gasteiger charge is 2.33. The Labute approximate surface area is 189 Å². The molecule has 0 radical (unpaired) electrons. The molecule has 10 N–H and O–H groups in total. The van der Waals surface area contributed by atoms with E-state index in [1.807, 2.05) is 6.92 Å². The van der Waals surface area contributed by atoms with Crippen molar-refractivity contribution in [2.75, 3.05) is 6.54 Å². The minimum Gasteiger partial charge on any atom is -0.480 e. The summed E-state index contributed by atoms with van der Waals surface area (Å²) in [6, 6.07) is -3.85. The number of rotatable bonds is 14. The van der Waals surface area contributed by atoms with Crippen molar-refractivity contribution in [2.45, 2.75) is 78.0 Å². The molecule has 0 aliphatic heterocycles. The molecule has 0 saturated heterocycles. The van der Waals surface area contributed by atoms with Crippen LogP contribution in [0.3, 0.4) is 0 Å². The van der Waals surface area contributed by atoms with Gasteiger partial charge in [0.15, 0.2) is 5.96 Å². The van der Waals surface area contributed by atoms with E-state index >= 15 is 0 Å².